The summed E-state index contributed by atoms with van der Waals surface area (Å²) in [7, 11) is 0. The third-order valence-electron chi connectivity index (χ3n) is 4.35. The summed E-state index contributed by atoms with van der Waals surface area (Å²) >= 11 is 3.34. The van der Waals surface area contributed by atoms with E-state index in [1.807, 2.05) is 19.9 Å². The van der Waals surface area contributed by atoms with Gasteiger partial charge in [-0.3, -0.25) is 9.36 Å². The number of hydrogen-bond acceptors (Lipinski definition) is 4. The predicted octanol–water partition coefficient (Wildman–Crippen LogP) is 3.63. The molecule has 0 unspecified atom stereocenters. The van der Waals surface area contributed by atoms with Crippen molar-refractivity contribution in [1.82, 2.24) is 14.5 Å². The predicted molar refractivity (Wildman–Crippen MR) is 92.4 cm³/mol. The summed E-state index contributed by atoms with van der Waals surface area (Å²) in [5.41, 5.74) is 1.56. The van der Waals surface area contributed by atoms with E-state index in [-0.39, 0.29) is 5.56 Å². The molecule has 5 nitrogen and oxygen atoms in total. The maximum absolute atomic E-state index is 12.3. The van der Waals surface area contributed by atoms with Crippen LogP contribution in [0.5, 0.6) is 0 Å². The lowest BCUT2D eigenvalue weighted by molar-refractivity contribution is 0.461. The molecule has 0 aliphatic heterocycles. The highest BCUT2D eigenvalue weighted by Crippen LogP contribution is 2.23. The maximum atomic E-state index is 12.3. The molecule has 0 aromatic carbocycles. The Morgan fingerprint density at radius 1 is 1.32 bits per heavy atom. The van der Waals surface area contributed by atoms with Crippen LogP contribution in [-0.4, -0.2) is 20.6 Å². The number of halogens is 1. The minimum Gasteiger partial charge on any atom is -0.351 e. The molecule has 1 aliphatic rings. The Morgan fingerprint density at radius 3 is 2.73 bits per heavy atom. The van der Waals surface area contributed by atoms with Gasteiger partial charge >= 0.3 is 0 Å². The smallest absolute Gasteiger partial charge is 0.266 e. The van der Waals surface area contributed by atoms with Crippen LogP contribution in [0.4, 0.5) is 5.95 Å². The van der Waals surface area contributed by atoms with Crippen molar-refractivity contribution in [2.24, 2.45) is 0 Å². The number of nitrogens with zero attached hydrogens (tertiary/aromatic N) is 3. The van der Waals surface area contributed by atoms with E-state index in [1.54, 1.807) is 4.57 Å². The number of anilines is 1. The quantitative estimate of drug-likeness (QED) is 0.903. The van der Waals surface area contributed by atoms with Crippen molar-refractivity contribution in [2.75, 3.05) is 5.32 Å². The standard InChI is InChI=1S/C16H21BrN4O/c1-3-21-14-12(9-13(17)15(21)22)10(2)18-16(20-14)19-11-7-5-4-6-8-11/h9,11H,3-8H2,1-2H3,(H,18,19,20). The first-order valence-corrected chi connectivity index (χ1v) is 8.73. The molecular formula is C16H21BrN4O. The number of aryl methyl sites for hydroxylation is 2. The van der Waals surface area contributed by atoms with Gasteiger partial charge in [-0.15, -0.1) is 0 Å². The highest BCUT2D eigenvalue weighted by Gasteiger charge is 2.16. The van der Waals surface area contributed by atoms with Gasteiger partial charge in [0.15, 0.2) is 0 Å². The van der Waals surface area contributed by atoms with Crippen LogP contribution in [0, 0.1) is 6.92 Å². The molecule has 0 spiro atoms. The van der Waals surface area contributed by atoms with Crippen molar-refractivity contribution in [3.05, 3.63) is 26.6 Å². The molecule has 3 rings (SSSR count). The summed E-state index contributed by atoms with van der Waals surface area (Å²) in [6, 6.07) is 2.27. The first kappa shape index (κ1) is 15.5. The van der Waals surface area contributed by atoms with Gasteiger partial charge in [-0.2, -0.15) is 4.98 Å². The summed E-state index contributed by atoms with van der Waals surface area (Å²) in [6.07, 6.45) is 6.18. The molecule has 0 atom stereocenters. The largest absolute Gasteiger partial charge is 0.351 e. The number of aromatic nitrogens is 3. The van der Waals surface area contributed by atoms with E-state index in [0.29, 0.717) is 28.7 Å². The number of rotatable bonds is 3. The summed E-state index contributed by atoms with van der Waals surface area (Å²) < 4.78 is 2.25. The van der Waals surface area contributed by atoms with E-state index in [0.717, 1.165) is 11.1 Å². The Hall–Kier alpha value is -1.43. The lowest BCUT2D eigenvalue weighted by Crippen LogP contribution is -2.25. The number of nitrogens with one attached hydrogen (secondary N) is 1. The molecular weight excluding hydrogens is 344 g/mol. The van der Waals surface area contributed by atoms with E-state index in [2.05, 4.69) is 31.2 Å². The van der Waals surface area contributed by atoms with Crippen LogP contribution in [0.1, 0.15) is 44.7 Å². The van der Waals surface area contributed by atoms with E-state index in [4.69, 9.17) is 0 Å². The molecule has 1 fully saturated rings. The van der Waals surface area contributed by atoms with Crippen LogP contribution in [0.15, 0.2) is 15.3 Å². The SMILES string of the molecule is CCn1c(=O)c(Br)cc2c(C)nc(NC3CCCCC3)nc21. The highest BCUT2D eigenvalue weighted by atomic mass is 79.9. The fraction of sp³-hybridized carbons (Fsp3) is 0.562. The summed E-state index contributed by atoms with van der Waals surface area (Å²) in [5, 5.41) is 4.37. The van der Waals surface area contributed by atoms with Crippen molar-refractivity contribution in [1.29, 1.82) is 0 Å². The minimum atomic E-state index is -0.0447. The van der Waals surface area contributed by atoms with Crippen molar-refractivity contribution in [2.45, 2.75) is 58.5 Å². The number of pyridine rings is 1. The average molecular weight is 365 g/mol. The van der Waals surface area contributed by atoms with Gasteiger partial charge in [-0.25, -0.2) is 4.98 Å². The van der Waals surface area contributed by atoms with Crippen LogP contribution in [0.2, 0.25) is 0 Å². The molecule has 0 amide bonds. The van der Waals surface area contributed by atoms with Gasteiger partial charge in [0.2, 0.25) is 5.95 Å². The Morgan fingerprint density at radius 2 is 2.05 bits per heavy atom. The van der Waals surface area contributed by atoms with Gasteiger partial charge in [0.05, 0.1) is 10.2 Å². The zero-order valence-electron chi connectivity index (χ0n) is 13.0. The zero-order chi connectivity index (χ0) is 15.7. The molecule has 2 heterocycles. The second-order valence-electron chi connectivity index (χ2n) is 5.89. The van der Waals surface area contributed by atoms with Crippen molar-refractivity contribution in [3.63, 3.8) is 0 Å². The van der Waals surface area contributed by atoms with E-state index < -0.39 is 0 Å². The maximum Gasteiger partial charge on any atom is 0.266 e. The molecule has 1 aliphatic carbocycles. The zero-order valence-corrected chi connectivity index (χ0v) is 14.6. The fourth-order valence-electron chi connectivity index (χ4n) is 3.14. The minimum absolute atomic E-state index is 0.0447. The number of hydrogen-bond donors (Lipinski definition) is 1. The topological polar surface area (TPSA) is 59.8 Å². The Kier molecular flexibility index (Phi) is 4.47. The molecule has 1 saturated carbocycles. The van der Waals surface area contributed by atoms with Gasteiger partial charge < -0.3 is 5.32 Å². The van der Waals surface area contributed by atoms with Crippen LogP contribution in [0.3, 0.4) is 0 Å². The van der Waals surface area contributed by atoms with Crippen molar-refractivity contribution in [3.8, 4) is 0 Å². The Balaban J connectivity index is 2.06. The fourth-order valence-corrected chi connectivity index (χ4v) is 3.59. The second kappa shape index (κ2) is 6.36. The molecule has 1 N–H and O–H groups in total. The molecule has 2 aromatic rings. The van der Waals surface area contributed by atoms with Gasteiger partial charge in [0.1, 0.15) is 5.65 Å². The molecule has 2 aromatic heterocycles. The molecule has 0 radical (unpaired) electrons. The molecule has 0 bridgehead atoms. The number of fused-ring (bicyclic) bond motifs is 1. The molecule has 0 saturated heterocycles. The van der Waals surface area contributed by atoms with Crippen LogP contribution >= 0.6 is 15.9 Å². The van der Waals surface area contributed by atoms with Crippen LogP contribution < -0.4 is 10.9 Å². The van der Waals surface area contributed by atoms with Crippen LogP contribution in [-0.2, 0) is 6.54 Å². The Bertz CT molecular complexity index is 750. The van der Waals surface area contributed by atoms with Crippen molar-refractivity contribution < 1.29 is 0 Å². The average Bonchev–Trinajstić information content (AvgIpc) is 2.51. The third-order valence-corrected chi connectivity index (χ3v) is 4.92. The van der Waals surface area contributed by atoms with E-state index in [9.17, 15) is 4.79 Å². The monoisotopic (exact) mass is 364 g/mol. The van der Waals surface area contributed by atoms with Crippen LogP contribution in [0.25, 0.3) is 11.0 Å². The highest BCUT2D eigenvalue weighted by molar-refractivity contribution is 9.10. The third kappa shape index (κ3) is 2.89. The van der Waals surface area contributed by atoms with E-state index >= 15 is 0 Å². The van der Waals surface area contributed by atoms with Gasteiger partial charge in [0.25, 0.3) is 5.56 Å². The van der Waals surface area contributed by atoms with Gasteiger partial charge in [-0.05, 0) is 48.7 Å². The van der Waals surface area contributed by atoms with Gasteiger partial charge in [-0.1, -0.05) is 19.3 Å². The molecule has 118 valence electrons. The van der Waals surface area contributed by atoms with E-state index in [1.165, 1.54) is 32.1 Å². The lowest BCUT2D eigenvalue weighted by atomic mass is 9.96. The summed E-state index contributed by atoms with van der Waals surface area (Å²) in [6.45, 7) is 4.51. The summed E-state index contributed by atoms with van der Waals surface area (Å²) in [4.78, 5) is 21.5. The first-order valence-electron chi connectivity index (χ1n) is 7.94. The molecule has 22 heavy (non-hydrogen) atoms. The second-order valence-corrected chi connectivity index (χ2v) is 6.75. The normalized spacial score (nSPS) is 16.1. The Labute approximate surface area is 138 Å². The first-order chi connectivity index (χ1) is 10.6. The molecule has 6 heteroatoms. The van der Waals surface area contributed by atoms with Gasteiger partial charge in [0, 0.05) is 18.0 Å². The summed E-state index contributed by atoms with van der Waals surface area (Å²) in [5.74, 6) is 0.640. The lowest BCUT2D eigenvalue weighted by Gasteiger charge is -2.23. The van der Waals surface area contributed by atoms with Crippen molar-refractivity contribution >= 4 is 32.9 Å².